The van der Waals surface area contributed by atoms with E-state index in [1.807, 2.05) is 92.7 Å². The van der Waals surface area contributed by atoms with Crippen LogP contribution in [-0.2, 0) is 14.4 Å². The van der Waals surface area contributed by atoms with Gasteiger partial charge in [-0.25, -0.2) is 9.96 Å². The first-order valence-electron chi connectivity index (χ1n) is 11.1. The van der Waals surface area contributed by atoms with Gasteiger partial charge in [-0.1, -0.05) is 54.6 Å². The predicted molar refractivity (Wildman–Crippen MR) is 127 cm³/mol. The molecule has 0 aliphatic carbocycles. The van der Waals surface area contributed by atoms with Crippen molar-refractivity contribution in [3.8, 4) is 0 Å². The molecular formula is C27H23N3O3. The summed E-state index contributed by atoms with van der Waals surface area (Å²) in [6.07, 6.45) is -0.879. The number of aromatic nitrogens is 1. The number of amides is 2. The molecule has 0 bridgehead atoms. The van der Waals surface area contributed by atoms with E-state index in [4.69, 9.17) is 4.84 Å². The van der Waals surface area contributed by atoms with E-state index >= 15 is 0 Å². The molecule has 4 aromatic rings. The Morgan fingerprint density at radius 2 is 1.52 bits per heavy atom. The quantitative estimate of drug-likeness (QED) is 0.466. The number of benzene rings is 3. The molecule has 2 aliphatic rings. The van der Waals surface area contributed by atoms with Crippen molar-refractivity contribution in [1.29, 1.82) is 0 Å². The number of rotatable bonds is 3. The molecule has 0 spiro atoms. The fourth-order valence-corrected chi connectivity index (χ4v) is 5.24. The van der Waals surface area contributed by atoms with Gasteiger partial charge in [0.1, 0.15) is 5.92 Å². The summed E-state index contributed by atoms with van der Waals surface area (Å²) in [6.45, 7) is 3.91. The van der Waals surface area contributed by atoms with Crippen LogP contribution in [0.25, 0.3) is 10.9 Å². The van der Waals surface area contributed by atoms with Crippen LogP contribution in [0.1, 0.15) is 22.9 Å². The summed E-state index contributed by atoms with van der Waals surface area (Å²) in [5.74, 6) is -1.21. The smallest absolute Gasteiger partial charge is 0.266 e. The van der Waals surface area contributed by atoms with E-state index in [0.29, 0.717) is 5.69 Å². The lowest BCUT2D eigenvalue weighted by Crippen LogP contribution is -2.37. The van der Waals surface area contributed by atoms with E-state index in [1.54, 1.807) is 5.06 Å². The average molecular weight is 437 g/mol. The van der Waals surface area contributed by atoms with Crippen molar-refractivity contribution in [1.82, 2.24) is 4.98 Å². The summed E-state index contributed by atoms with van der Waals surface area (Å²) >= 11 is 0. The van der Waals surface area contributed by atoms with Crippen LogP contribution in [0.4, 0.5) is 11.4 Å². The minimum Gasteiger partial charge on any atom is -0.358 e. The number of aromatic amines is 1. The number of nitrogens with zero attached hydrogens (tertiary/aromatic N) is 2. The van der Waals surface area contributed by atoms with Crippen molar-refractivity contribution in [2.45, 2.75) is 26.0 Å². The lowest BCUT2D eigenvalue weighted by atomic mass is 9.89. The number of fused-ring (bicyclic) bond motifs is 2. The molecule has 6 nitrogen and oxygen atoms in total. The third-order valence-electron chi connectivity index (χ3n) is 6.72. The minimum atomic E-state index is -0.879. The second kappa shape index (κ2) is 7.32. The largest absolute Gasteiger partial charge is 0.358 e. The second-order valence-corrected chi connectivity index (χ2v) is 8.67. The number of nitrogens with one attached hydrogen (secondary N) is 1. The van der Waals surface area contributed by atoms with Crippen LogP contribution >= 0.6 is 0 Å². The molecule has 2 aliphatic heterocycles. The molecular weight excluding hydrogens is 414 g/mol. The maximum absolute atomic E-state index is 13.9. The first kappa shape index (κ1) is 19.8. The van der Waals surface area contributed by atoms with Crippen molar-refractivity contribution < 1.29 is 14.4 Å². The first-order chi connectivity index (χ1) is 16.1. The fourth-order valence-electron chi connectivity index (χ4n) is 5.24. The van der Waals surface area contributed by atoms with Crippen LogP contribution in [0.3, 0.4) is 0 Å². The Bertz CT molecular complexity index is 1390. The van der Waals surface area contributed by atoms with Crippen molar-refractivity contribution in [2.75, 3.05) is 9.96 Å². The summed E-state index contributed by atoms with van der Waals surface area (Å²) in [5, 5.41) is 2.78. The standard InChI is InChI=1S/C27H23N3O3/c1-16-10-6-9-15-21(16)29-26(31)23-24(22-17(2)28-20-14-8-7-13-19(20)22)30(33-25(23)27(29)32)18-11-4-3-5-12-18/h3-15,23-25,28H,1-2H3/t23-,24+,25+/m1/s1. The Labute approximate surface area is 191 Å². The molecule has 3 heterocycles. The van der Waals surface area contributed by atoms with Crippen LogP contribution in [0.5, 0.6) is 0 Å². The number of anilines is 2. The van der Waals surface area contributed by atoms with E-state index in [1.165, 1.54) is 4.90 Å². The third kappa shape index (κ3) is 2.84. The highest BCUT2D eigenvalue weighted by Crippen LogP contribution is 2.50. The van der Waals surface area contributed by atoms with Gasteiger partial charge in [0.15, 0.2) is 6.10 Å². The van der Waals surface area contributed by atoms with Crippen LogP contribution < -0.4 is 9.96 Å². The molecule has 1 aromatic heterocycles. The van der Waals surface area contributed by atoms with E-state index in [0.717, 1.165) is 33.4 Å². The topological polar surface area (TPSA) is 65.6 Å². The highest BCUT2D eigenvalue weighted by molar-refractivity contribution is 6.24. The Balaban J connectivity index is 1.53. The summed E-state index contributed by atoms with van der Waals surface area (Å²) < 4.78 is 0. The van der Waals surface area contributed by atoms with Crippen molar-refractivity contribution in [2.24, 2.45) is 5.92 Å². The maximum atomic E-state index is 13.9. The number of carbonyl (C=O) groups is 2. The van der Waals surface area contributed by atoms with E-state index in [2.05, 4.69) is 4.98 Å². The number of imide groups is 1. The fraction of sp³-hybridized carbons (Fsp3) is 0.185. The van der Waals surface area contributed by atoms with Crippen LogP contribution in [0.2, 0.25) is 0 Å². The molecule has 1 N–H and O–H groups in total. The molecule has 2 saturated heterocycles. The Morgan fingerprint density at radius 3 is 2.30 bits per heavy atom. The Hall–Kier alpha value is -3.90. The van der Waals surface area contributed by atoms with Gasteiger partial charge in [0.25, 0.3) is 5.91 Å². The van der Waals surface area contributed by atoms with Gasteiger partial charge in [-0.3, -0.25) is 14.4 Å². The molecule has 3 atom stereocenters. The van der Waals surface area contributed by atoms with Gasteiger partial charge in [0.05, 0.1) is 17.4 Å². The van der Waals surface area contributed by atoms with E-state index in [-0.39, 0.29) is 11.8 Å². The number of para-hydroxylation sites is 3. The van der Waals surface area contributed by atoms with Crippen molar-refractivity contribution in [3.05, 3.63) is 95.7 Å². The SMILES string of the molecule is Cc1ccccc1N1C(=O)[C@H]2[C@H](ON(c3ccccc3)[C@H]2c2c(C)[nH]c3ccccc23)C1=O. The molecule has 33 heavy (non-hydrogen) atoms. The second-order valence-electron chi connectivity index (χ2n) is 8.67. The third-order valence-corrected chi connectivity index (χ3v) is 6.72. The number of carbonyl (C=O) groups excluding carboxylic acids is 2. The predicted octanol–water partition coefficient (Wildman–Crippen LogP) is 4.84. The Kier molecular flexibility index (Phi) is 4.38. The lowest BCUT2D eigenvalue weighted by molar-refractivity contribution is -0.126. The molecule has 2 amide bonds. The maximum Gasteiger partial charge on any atom is 0.266 e. The van der Waals surface area contributed by atoms with Crippen LogP contribution in [0.15, 0.2) is 78.9 Å². The molecule has 0 radical (unpaired) electrons. The van der Waals surface area contributed by atoms with Crippen LogP contribution in [-0.4, -0.2) is 22.9 Å². The zero-order chi connectivity index (χ0) is 22.7. The van der Waals surface area contributed by atoms with Gasteiger partial charge in [-0.2, -0.15) is 0 Å². The number of aryl methyl sites for hydroxylation is 2. The van der Waals surface area contributed by atoms with Gasteiger partial charge in [-0.15, -0.1) is 0 Å². The highest BCUT2D eigenvalue weighted by atomic mass is 16.7. The first-order valence-corrected chi connectivity index (χ1v) is 11.1. The number of hydroxylamine groups is 1. The van der Waals surface area contributed by atoms with E-state index in [9.17, 15) is 9.59 Å². The van der Waals surface area contributed by atoms with E-state index < -0.39 is 18.1 Å². The molecule has 164 valence electrons. The highest BCUT2D eigenvalue weighted by Gasteiger charge is 2.61. The van der Waals surface area contributed by atoms with Crippen molar-refractivity contribution >= 4 is 34.1 Å². The molecule has 0 saturated carbocycles. The van der Waals surface area contributed by atoms with Crippen molar-refractivity contribution in [3.63, 3.8) is 0 Å². The monoisotopic (exact) mass is 437 g/mol. The molecule has 6 rings (SSSR count). The zero-order valence-electron chi connectivity index (χ0n) is 18.4. The van der Waals surface area contributed by atoms with Gasteiger partial charge in [0, 0.05) is 22.2 Å². The number of H-pyrrole nitrogens is 1. The zero-order valence-corrected chi connectivity index (χ0v) is 18.4. The van der Waals surface area contributed by atoms with Crippen LogP contribution in [0, 0.1) is 19.8 Å². The Morgan fingerprint density at radius 1 is 0.818 bits per heavy atom. The molecule has 6 heteroatoms. The van der Waals surface area contributed by atoms with Gasteiger partial charge >= 0.3 is 0 Å². The summed E-state index contributed by atoms with van der Waals surface area (Å²) in [4.78, 5) is 38.4. The summed E-state index contributed by atoms with van der Waals surface area (Å²) in [6, 6.07) is 24.7. The normalized spacial score (nSPS) is 22.4. The van der Waals surface area contributed by atoms with Gasteiger partial charge in [-0.05, 0) is 43.7 Å². The van der Waals surface area contributed by atoms with Gasteiger partial charge < -0.3 is 4.98 Å². The minimum absolute atomic E-state index is 0.229. The molecule has 2 fully saturated rings. The number of hydrogen-bond acceptors (Lipinski definition) is 4. The van der Waals surface area contributed by atoms with Gasteiger partial charge in [0.2, 0.25) is 5.91 Å². The molecule has 0 unspecified atom stereocenters. The lowest BCUT2D eigenvalue weighted by Gasteiger charge is -2.29. The average Bonchev–Trinajstić information content (AvgIpc) is 3.44. The number of hydrogen-bond donors (Lipinski definition) is 1. The summed E-state index contributed by atoms with van der Waals surface area (Å²) in [5.41, 5.74) is 5.24. The summed E-state index contributed by atoms with van der Waals surface area (Å²) in [7, 11) is 0. The molecule has 3 aromatic carbocycles.